The van der Waals surface area contributed by atoms with Gasteiger partial charge in [0, 0.05) is 53.7 Å². The lowest BCUT2D eigenvalue weighted by Gasteiger charge is -2.24. The molecule has 4 heteroatoms. The van der Waals surface area contributed by atoms with Crippen LogP contribution in [0.3, 0.4) is 0 Å². The molecule has 0 fully saturated rings. The Morgan fingerprint density at radius 2 is 1.51 bits per heavy atom. The predicted octanol–water partition coefficient (Wildman–Crippen LogP) is 12.0. The first kappa shape index (κ1) is 27.1. The molecule has 2 aliphatic carbocycles. The summed E-state index contributed by atoms with van der Waals surface area (Å²) in [6.45, 7) is 0. The van der Waals surface area contributed by atoms with Crippen LogP contribution in [-0.2, 0) is 6.42 Å². The van der Waals surface area contributed by atoms with Gasteiger partial charge < -0.3 is 14.6 Å². The van der Waals surface area contributed by atoms with E-state index in [0.29, 0.717) is 5.92 Å². The second kappa shape index (κ2) is 10.3. The summed E-state index contributed by atoms with van der Waals surface area (Å²) >= 11 is 1.83. The van der Waals surface area contributed by atoms with Gasteiger partial charge in [-0.1, -0.05) is 109 Å². The maximum absolute atomic E-state index is 6.94. The molecule has 8 aromatic rings. The van der Waals surface area contributed by atoms with Crippen molar-refractivity contribution >= 4 is 64.9 Å². The van der Waals surface area contributed by atoms with Gasteiger partial charge in [-0.3, -0.25) is 0 Å². The highest BCUT2D eigenvalue weighted by Gasteiger charge is 2.30. The van der Waals surface area contributed by atoms with Crippen LogP contribution < -0.4 is 10.1 Å². The summed E-state index contributed by atoms with van der Waals surface area (Å²) in [7, 11) is 0. The predicted molar refractivity (Wildman–Crippen MR) is 206 cm³/mol. The van der Waals surface area contributed by atoms with Gasteiger partial charge in [0.05, 0.1) is 16.9 Å². The number of para-hydroxylation sites is 1. The average Bonchev–Trinajstić information content (AvgIpc) is 3.85. The molecule has 2 unspecified atom stereocenters. The van der Waals surface area contributed by atoms with E-state index in [9.17, 15) is 0 Å². The van der Waals surface area contributed by atoms with Gasteiger partial charge in [0.15, 0.2) is 12.0 Å². The molecule has 0 saturated carbocycles. The number of thiophene rings is 1. The molecule has 0 amide bonds. The number of hydrogen-bond acceptors (Lipinski definition) is 3. The van der Waals surface area contributed by atoms with Crippen LogP contribution >= 0.6 is 11.3 Å². The van der Waals surface area contributed by atoms with Crippen molar-refractivity contribution < 1.29 is 4.74 Å². The van der Waals surface area contributed by atoms with Crippen molar-refractivity contribution in [1.82, 2.24) is 4.57 Å². The number of anilines is 1. The standard InChI is InChI=1S/C45H30N2OS/c1-2-10-27(11-3-1)30-18-22-41-36(25-30)43-42(49-41)23-20-37-44(43)48-45(46-37)34-19-21-39(32-15-7-6-14-31(32)34)47-38-17-9-8-16-33(38)35-24-28-12-4-5-13-29(28)26-40(35)47/h1-25,29,45-46H,26H2. The van der Waals surface area contributed by atoms with Gasteiger partial charge >= 0.3 is 0 Å². The van der Waals surface area contributed by atoms with Gasteiger partial charge in [0.25, 0.3) is 0 Å². The largest absolute Gasteiger partial charge is 0.464 e. The van der Waals surface area contributed by atoms with Crippen LogP contribution in [0.1, 0.15) is 23.0 Å². The summed E-state index contributed by atoms with van der Waals surface area (Å²) in [4.78, 5) is 0. The number of fused-ring (bicyclic) bond motifs is 10. The van der Waals surface area contributed by atoms with Crippen molar-refractivity contribution in [2.24, 2.45) is 5.92 Å². The molecule has 1 aliphatic heterocycles. The molecule has 0 radical (unpaired) electrons. The van der Waals surface area contributed by atoms with Gasteiger partial charge in [-0.15, -0.1) is 11.3 Å². The van der Waals surface area contributed by atoms with E-state index in [1.807, 2.05) is 11.3 Å². The van der Waals surface area contributed by atoms with Crippen LogP contribution in [0.2, 0.25) is 0 Å². The van der Waals surface area contributed by atoms with E-state index in [1.54, 1.807) is 0 Å². The van der Waals surface area contributed by atoms with Crippen LogP contribution in [0.25, 0.3) is 64.7 Å². The third-order valence-corrected chi connectivity index (χ3v) is 11.7. The number of hydrogen-bond donors (Lipinski definition) is 1. The fourth-order valence-corrected chi connectivity index (χ4v) is 9.40. The maximum Gasteiger partial charge on any atom is 0.197 e. The molecule has 232 valence electrons. The normalized spacial score (nSPS) is 17.6. The van der Waals surface area contributed by atoms with Gasteiger partial charge in [-0.05, 0) is 71.0 Å². The zero-order valence-electron chi connectivity index (χ0n) is 26.6. The number of nitrogens with zero attached hydrogens (tertiary/aromatic N) is 1. The number of nitrogens with one attached hydrogen (secondary N) is 1. The molecule has 2 atom stereocenters. The van der Waals surface area contributed by atoms with Gasteiger partial charge in [0.2, 0.25) is 0 Å². The first-order chi connectivity index (χ1) is 24.3. The summed E-state index contributed by atoms with van der Waals surface area (Å²) < 4.78 is 12.0. The number of allylic oxidation sites excluding steroid dienone is 5. The second-order valence-corrected chi connectivity index (χ2v) is 14.4. The summed E-state index contributed by atoms with van der Waals surface area (Å²) in [6.07, 6.45) is 12.0. The van der Waals surface area contributed by atoms with Gasteiger partial charge in [-0.25, -0.2) is 0 Å². The zero-order valence-corrected chi connectivity index (χ0v) is 27.4. The third-order valence-electron chi connectivity index (χ3n) is 10.6. The minimum Gasteiger partial charge on any atom is -0.464 e. The summed E-state index contributed by atoms with van der Waals surface area (Å²) in [5, 5.41) is 9.91. The van der Waals surface area contributed by atoms with E-state index in [2.05, 4.69) is 162 Å². The number of ether oxygens (including phenoxy) is 1. The fraction of sp³-hybridized carbons (Fsp3) is 0.0667. The third kappa shape index (κ3) is 4.01. The highest BCUT2D eigenvalue weighted by atomic mass is 32.1. The quantitative estimate of drug-likeness (QED) is 0.207. The fourth-order valence-electron chi connectivity index (χ4n) is 8.31. The molecule has 11 rings (SSSR count). The molecule has 6 aromatic carbocycles. The van der Waals surface area contributed by atoms with Gasteiger partial charge in [-0.2, -0.15) is 0 Å². The van der Waals surface area contributed by atoms with Crippen molar-refractivity contribution in [3.63, 3.8) is 0 Å². The molecule has 2 aromatic heterocycles. The average molecular weight is 647 g/mol. The molecule has 1 N–H and O–H groups in total. The molecule has 0 saturated heterocycles. The SMILES string of the molecule is C1=CC2=Cc3c(n(-c4ccc(C5Nc6ccc7sc8ccc(-c9ccccc9)cc8c7c6O5)c5ccccc45)c4ccccc34)CC2C=C1. The first-order valence-electron chi connectivity index (χ1n) is 17.0. The summed E-state index contributed by atoms with van der Waals surface area (Å²) in [5.74, 6) is 1.34. The number of rotatable bonds is 3. The van der Waals surface area contributed by atoms with E-state index >= 15 is 0 Å². The number of benzene rings is 6. The van der Waals surface area contributed by atoms with E-state index in [-0.39, 0.29) is 6.23 Å². The van der Waals surface area contributed by atoms with Gasteiger partial charge in [0.1, 0.15) is 0 Å². The summed E-state index contributed by atoms with van der Waals surface area (Å²) in [6, 6.07) is 44.1. The molecule has 49 heavy (non-hydrogen) atoms. The van der Waals surface area contributed by atoms with E-state index < -0.39 is 0 Å². The highest BCUT2D eigenvalue weighted by Crippen LogP contribution is 2.50. The second-order valence-electron chi connectivity index (χ2n) is 13.3. The lowest BCUT2D eigenvalue weighted by Crippen LogP contribution is -2.15. The van der Waals surface area contributed by atoms with Crippen LogP contribution in [-0.4, -0.2) is 4.57 Å². The molecule has 3 nitrogen and oxygen atoms in total. The molecule has 3 aliphatic rings. The molecular weight excluding hydrogens is 617 g/mol. The Morgan fingerprint density at radius 3 is 2.43 bits per heavy atom. The molecule has 0 spiro atoms. The van der Waals surface area contributed by atoms with Crippen molar-refractivity contribution in [1.29, 1.82) is 0 Å². The van der Waals surface area contributed by atoms with Crippen LogP contribution in [0.15, 0.2) is 151 Å². The Kier molecular flexibility index (Phi) is 5.72. The number of aromatic nitrogens is 1. The Morgan fingerprint density at radius 1 is 0.694 bits per heavy atom. The first-order valence-corrected chi connectivity index (χ1v) is 17.8. The minimum absolute atomic E-state index is 0.299. The van der Waals surface area contributed by atoms with E-state index in [0.717, 1.165) is 23.4 Å². The van der Waals surface area contributed by atoms with Crippen molar-refractivity contribution in [3.05, 3.63) is 168 Å². The van der Waals surface area contributed by atoms with E-state index in [1.165, 1.54) is 75.5 Å². The van der Waals surface area contributed by atoms with Crippen LogP contribution in [0.5, 0.6) is 5.75 Å². The van der Waals surface area contributed by atoms with Crippen LogP contribution in [0.4, 0.5) is 5.69 Å². The summed E-state index contributed by atoms with van der Waals surface area (Å²) in [5.41, 5.74) is 11.2. The molecular formula is C45H30N2OS. The lowest BCUT2D eigenvalue weighted by molar-refractivity contribution is 0.264. The molecule has 3 heterocycles. The van der Waals surface area contributed by atoms with Crippen molar-refractivity contribution in [3.8, 4) is 22.6 Å². The van der Waals surface area contributed by atoms with Crippen molar-refractivity contribution in [2.75, 3.05) is 5.32 Å². The monoisotopic (exact) mass is 646 g/mol. The van der Waals surface area contributed by atoms with E-state index in [4.69, 9.17) is 4.74 Å². The Bertz CT molecular complexity index is 2760. The maximum atomic E-state index is 6.94. The van der Waals surface area contributed by atoms with Crippen LogP contribution in [0, 0.1) is 5.92 Å². The highest BCUT2D eigenvalue weighted by molar-refractivity contribution is 7.25. The topological polar surface area (TPSA) is 26.2 Å². The Balaban J connectivity index is 1.05. The van der Waals surface area contributed by atoms with Crippen molar-refractivity contribution in [2.45, 2.75) is 12.6 Å². The Labute approximate surface area is 287 Å². The smallest absolute Gasteiger partial charge is 0.197 e. The Hall–Kier alpha value is -5.84. The lowest BCUT2D eigenvalue weighted by atomic mass is 9.83. The zero-order chi connectivity index (χ0) is 32.1. The molecule has 0 bridgehead atoms. The minimum atomic E-state index is -0.299.